The molecule has 0 aromatic heterocycles. The van der Waals surface area contributed by atoms with E-state index in [4.69, 9.17) is 4.55 Å². The molecule has 1 aromatic rings. The molecule has 1 N–H and O–H groups in total. The number of aryl methyl sites for hydroxylation is 1. The Bertz CT molecular complexity index is 382. The van der Waals surface area contributed by atoms with Crippen molar-refractivity contribution in [3.8, 4) is 0 Å². The van der Waals surface area contributed by atoms with Gasteiger partial charge >= 0.3 is 10.4 Å². The average Bonchev–Trinajstić information content (AvgIpc) is 2.06. The quantitative estimate of drug-likeness (QED) is 0.637. The minimum absolute atomic E-state index is 0.375. The van der Waals surface area contributed by atoms with E-state index in [1.807, 2.05) is 31.2 Å². The normalized spacial score (nSPS) is 11.6. The summed E-state index contributed by atoms with van der Waals surface area (Å²) in [5.74, 6) is 0.375. The first-order chi connectivity index (χ1) is 6.47. The predicted octanol–water partition coefficient (Wildman–Crippen LogP) is 1.96. The van der Waals surface area contributed by atoms with Crippen LogP contribution in [0.4, 0.5) is 0 Å². The molecule has 0 aliphatic rings. The van der Waals surface area contributed by atoms with E-state index in [1.54, 1.807) is 0 Å². The van der Waals surface area contributed by atoms with Crippen LogP contribution in [0.15, 0.2) is 24.3 Å². The van der Waals surface area contributed by atoms with Crippen molar-refractivity contribution in [1.82, 2.24) is 0 Å². The fourth-order valence-electron chi connectivity index (χ4n) is 0.837. The number of hydrogen-bond acceptors (Lipinski definition) is 4. The molecule has 0 spiro atoms. The summed E-state index contributed by atoms with van der Waals surface area (Å²) in [6.45, 7) is 1.96. The van der Waals surface area contributed by atoms with Crippen molar-refractivity contribution in [2.45, 2.75) is 12.7 Å². The molecule has 14 heavy (non-hydrogen) atoms. The van der Waals surface area contributed by atoms with Crippen molar-refractivity contribution >= 4 is 22.4 Å². The third kappa shape index (κ3) is 4.61. The molecule has 0 heterocycles. The molecule has 0 atom stereocenters. The zero-order valence-electron chi connectivity index (χ0n) is 7.50. The van der Waals surface area contributed by atoms with E-state index in [0.29, 0.717) is 17.8 Å². The van der Waals surface area contributed by atoms with Crippen LogP contribution in [0.25, 0.3) is 0 Å². The summed E-state index contributed by atoms with van der Waals surface area (Å²) in [6.07, 6.45) is 0. The molecule has 0 aliphatic heterocycles. The summed E-state index contributed by atoms with van der Waals surface area (Å²) in [5, 5.41) is 0. The van der Waals surface area contributed by atoms with Gasteiger partial charge in [0.05, 0.1) is 0 Å². The summed E-state index contributed by atoms with van der Waals surface area (Å²) in [5.41, 5.74) is 2.07. The molecule has 4 nitrogen and oxygen atoms in total. The van der Waals surface area contributed by atoms with E-state index >= 15 is 0 Å². The molecule has 1 rings (SSSR count). The highest BCUT2D eigenvalue weighted by Crippen LogP contribution is 2.15. The summed E-state index contributed by atoms with van der Waals surface area (Å²) in [6, 6.07) is 7.58. The molecule has 0 radical (unpaired) electrons. The van der Waals surface area contributed by atoms with E-state index in [-0.39, 0.29) is 0 Å². The van der Waals surface area contributed by atoms with Crippen LogP contribution in [0.3, 0.4) is 0 Å². The van der Waals surface area contributed by atoms with Crippen molar-refractivity contribution in [3.63, 3.8) is 0 Å². The van der Waals surface area contributed by atoms with Gasteiger partial charge in [0.1, 0.15) is 0 Å². The van der Waals surface area contributed by atoms with Crippen molar-refractivity contribution in [2.75, 3.05) is 0 Å². The maximum Gasteiger partial charge on any atom is 0.408 e. The van der Waals surface area contributed by atoms with Gasteiger partial charge < -0.3 is 0 Å². The molecule has 0 saturated heterocycles. The summed E-state index contributed by atoms with van der Waals surface area (Å²) in [7, 11) is -4.34. The Labute approximate surface area is 87.4 Å². The highest BCUT2D eigenvalue weighted by atomic mass is 32.3. The van der Waals surface area contributed by atoms with Crippen LogP contribution >= 0.6 is 12.0 Å². The van der Waals surface area contributed by atoms with Gasteiger partial charge in [0.2, 0.25) is 0 Å². The topological polar surface area (TPSA) is 63.6 Å². The number of hydrogen-bond donors (Lipinski definition) is 1. The van der Waals surface area contributed by atoms with E-state index in [1.165, 1.54) is 0 Å². The minimum atomic E-state index is -4.34. The Morgan fingerprint density at radius 3 is 2.43 bits per heavy atom. The van der Waals surface area contributed by atoms with Crippen molar-refractivity contribution in [2.24, 2.45) is 0 Å². The number of rotatable bonds is 4. The van der Waals surface area contributed by atoms with E-state index in [2.05, 4.69) is 3.63 Å². The smallest absolute Gasteiger partial charge is 0.263 e. The lowest BCUT2D eigenvalue weighted by Gasteiger charge is -1.99. The van der Waals surface area contributed by atoms with Gasteiger partial charge in [-0.15, -0.1) is 0 Å². The van der Waals surface area contributed by atoms with E-state index in [9.17, 15) is 8.42 Å². The second-order valence-electron chi connectivity index (χ2n) is 2.74. The molecular formula is C8H10O4S2. The van der Waals surface area contributed by atoms with Crippen LogP contribution in [0.5, 0.6) is 0 Å². The molecule has 0 bridgehead atoms. The van der Waals surface area contributed by atoms with Crippen molar-refractivity contribution in [3.05, 3.63) is 35.4 Å². The van der Waals surface area contributed by atoms with Crippen LogP contribution in [-0.4, -0.2) is 13.0 Å². The molecular weight excluding hydrogens is 224 g/mol. The zero-order chi connectivity index (χ0) is 10.6. The number of benzene rings is 1. The molecule has 1 aromatic carbocycles. The Morgan fingerprint density at radius 2 is 1.93 bits per heavy atom. The van der Waals surface area contributed by atoms with Crippen LogP contribution in [0.2, 0.25) is 0 Å². The third-order valence-corrected chi connectivity index (χ3v) is 3.00. The van der Waals surface area contributed by atoms with Crippen molar-refractivity contribution in [1.29, 1.82) is 0 Å². The summed E-state index contributed by atoms with van der Waals surface area (Å²) < 4.78 is 32.8. The fourth-order valence-corrected chi connectivity index (χ4v) is 1.84. The maximum atomic E-state index is 10.2. The lowest BCUT2D eigenvalue weighted by Crippen LogP contribution is -1.97. The molecule has 0 fully saturated rings. The average molecular weight is 234 g/mol. The second kappa shape index (κ2) is 4.79. The monoisotopic (exact) mass is 234 g/mol. The Kier molecular flexibility index (Phi) is 3.94. The first-order valence-electron chi connectivity index (χ1n) is 3.81. The van der Waals surface area contributed by atoms with Crippen molar-refractivity contribution < 1.29 is 16.6 Å². The Hall–Kier alpha value is -0.560. The molecule has 0 amide bonds. The summed E-state index contributed by atoms with van der Waals surface area (Å²) in [4.78, 5) is 0. The Morgan fingerprint density at radius 1 is 1.36 bits per heavy atom. The molecule has 0 saturated carbocycles. The Balaban J connectivity index is 2.43. The van der Waals surface area contributed by atoms with Gasteiger partial charge in [-0.1, -0.05) is 29.8 Å². The standard InChI is InChI=1S/C8H10O4S2/c1-7-2-4-8(5-3-7)6-13-12-14(9,10)11/h2-5H,6H2,1H3,(H,9,10,11). The minimum Gasteiger partial charge on any atom is -0.263 e. The summed E-state index contributed by atoms with van der Waals surface area (Å²) >= 11 is 0.681. The lowest BCUT2D eigenvalue weighted by molar-refractivity contribution is 0.407. The highest BCUT2D eigenvalue weighted by Gasteiger charge is 2.04. The highest BCUT2D eigenvalue weighted by molar-refractivity contribution is 8.02. The van der Waals surface area contributed by atoms with Gasteiger partial charge in [-0.3, -0.25) is 4.55 Å². The molecule has 0 unspecified atom stereocenters. The van der Waals surface area contributed by atoms with E-state index < -0.39 is 10.4 Å². The molecule has 6 heteroatoms. The largest absolute Gasteiger partial charge is 0.408 e. The molecule has 78 valence electrons. The van der Waals surface area contributed by atoms with Gasteiger partial charge in [0, 0.05) is 17.8 Å². The van der Waals surface area contributed by atoms with Gasteiger partial charge in [-0.2, -0.15) is 12.0 Å². The second-order valence-corrected chi connectivity index (χ2v) is 4.67. The van der Waals surface area contributed by atoms with Gasteiger partial charge in [-0.05, 0) is 12.5 Å². The fraction of sp³-hybridized carbons (Fsp3) is 0.250. The maximum absolute atomic E-state index is 10.2. The predicted molar refractivity (Wildman–Crippen MR) is 55.1 cm³/mol. The SMILES string of the molecule is Cc1ccc(CSOS(=O)(=O)O)cc1. The van der Waals surface area contributed by atoms with Crippen LogP contribution in [-0.2, 0) is 19.8 Å². The first kappa shape index (κ1) is 11.5. The van der Waals surface area contributed by atoms with E-state index in [0.717, 1.165) is 11.1 Å². The molecule has 0 aliphatic carbocycles. The van der Waals surface area contributed by atoms with Crippen LogP contribution in [0, 0.1) is 6.92 Å². The van der Waals surface area contributed by atoms with Gasteiger partial charge in [-0.25, -0.2) is 0 Å². The van der Waals surface area contributed by atoms with Crippen LogP contribution in [0.1, 0.15) is 11.1 Å². The third-order valence-electron chi connectivity index (χ3n) is 1.48. The van der Waals surface area contributed by atoms with Crippen LogP contribution < -0.4 is 0 Å². The zero-order valence-corrected chi connectivity index (χ0v) is 9.14. The van der Waals surface area contributed by atoms with Gasteiger partial charge in [0.25, 0.3) is 0 Å². The van der Waals surface area contributed by atoms with Gasteiger partial charge in [0.15, 0.2) is 0 Å². The lowest BCUT2D eigenvalue weighted by atomic mass is 10.2. The first-order valence-corrected chi connectivity index (χ1v) is 6.09.